The number of hydrogen-bond acceptors (Lipinski definition) is 2. The molecular weight excluding hydrogens is 401 g/mol. The first-order chi connectivity index (χ1) is 10.9. The largest absolute Gasteiger partial charge is 0.432 e. The Morgan fingerprint density at radius 3 is 2.70 bits per heavy atom. The van der Waals surface area contributed by atoms with E-state index in [1.807, 2.05) is 35.0 Å². The van der Waals surface area contributed by atoms with Crippen molar-refractivity contribution in [1.82, 2.24) is 4.90 Å². The Balaban J connectivity index is 1.70. The van der Waals surface area contributed by atoms with Crippen LogP contribution in [0.3, 0.4) is 0 Å². The van der Waals surface area contributed by atoms with Crippen LogP contribution in [0.1, 0.15) is 52.4 Å². The highest BCUT2D eigenvalue weighted by atomic mass is 127. The molecule has 1 saturated carbocycles. The van der Waals surface area contributed by atoms with Gasteiger partial charge in [-0.05, 0) is 55.9 Å². The number of fused-ring (bicyclic) bond motifs is 5. The smallest absolute Gasteiger partial charge is 0.226 e. The molecule has 3 aliphatic carbocycles. The maximum atomic E-state index is 12.1. The van der Waals surface area contributed by atoms with Crippen molar-refractivity contribution in [1.29, 1.82) is 0 Å². The maximum Gasteiger partial charge on any atom is 0.226 e. The van der Waals surface area contributed by atoms with Gasteiger partial charge in [0.05, 0.1) is 0 Å². The van der Waals surface area contributed by atoms with Crippen molar-refractivity contribution in [2.45, 2.75) is 52.4 Å². The Bertz CT molecular complexity index is 612. The number of nitrogens with zero attached hydrogens (tertiary/aromatic N) is 1. The summed E-state index contributed by atoms with van der Waals surface area (Å²) in [5.41, 5.74) is 1.70. The van der Waals surface area contributed by atoms with Gasteiger partial charge in [0, 0.05) is 30.0 Å². The molecule has 1 amide bonds. The molecule has 0 spiro atoms. The van der Waals surface area contributed by atoms with Crippen LogP contribution in [0.5, 0.6) is 0 Å². The first-order valence-corrected chi connectivity index (χ1v) is 9.76. The molecule has 0 bridgehead atoms. The van der Waals surface area contributed by atoms with E-state index in [9.17, 15) is 4.79 Å². The van der Waals surface area contributed by atoms with E-state index < -0.39 is 0 Å². The van der Waals surface area contributed by atoms with Gasteiger partial charge in [0.2, 0.25) is 5.91 Å². The number of carbonyl (C=O) groups is 1. The van der Waals surface area contributed by atoms with E-state index in [4.69, 9.17) is 3.07 Å². The molecule has 0 radical (unpaired) electrons. The first-order valence-electron chi connectivity index (χ1n) is 8.88. The van der Waals surface area contributed by atoms with Gasteiger partial charge in [-0.15, -0.1) is 0 Å². The zero-order chi connectivity index (χ0) is 16.4. The second-order valence-corrected chi connectivity index (χ2v) is 8.85. The van der Waals surface area contributed by atoms with E-state index in [0.717, 1.165) is 25.2 Å². The lowest BCUT2D eigenvalue weighted by atomic mass is 9.49. The lowest BCUT2D eigenvalue weighted by Crippen LogP contribution is -2.53. The Morgan fingerprint density at radius 2 is 1.96 bits per heavy atom. The highest BCUT2D eigenvalue weighted by Gasteiger charge is 2.58. The third-order valence-corrected chi connectivity index (χ3v) is 8.08. The summed E-state index contributed by atoms with van der Waals surface area (Å²) in [6.07, 6.45) is 11.2. The molecule has 2 fully saturated rings. The highest BCUT2D eigenvalue weighted by molar-refractivity contribution is 14.1. The number of rotatable bonds is 1. The number of hydrogen-bond donors (Lipinski definition) is 0. The van der Waals surface area contributed by atoms with E-state index in [1.54, 1.807) is 0 Å². The predicted molar refractivity (Wildman–Crippen MR) is 98.4 cm³/mol. The van der Waals surface area contributed by atoms with Gasteiger partial charge in [-0.25, -0.2) is 0 Å². The molecule has 0 N–H and O–H groups in total. The van der Waals surface area contributed by atoms with Gasteiger partial charge in [-0.3, -0.25) is 4.79 Å². The molecule has 23 heavy (non-hydrogen) atoms. The minimum Gasteiger partial charge on any atom is -0.432 e. The first kappa shape index (κ1) is 16.0. The minimum absolute atomic E-state index is 0.181. The van der Waals surface area contributed by atoms with Gasteiger partial charge >= 0.3 is 0 Å². The molecule has 1 saturated heterocycles. The third-order valence-electron chi connectivity index (χ3n) is 7.61. The number of likely N-dealkylation sites (tertiary alicyclic amines) is 1. The monoisotopic (exact) mass is 427 g/mol. The van der Waals surface area contributed by atoms with Crippen LogP contribution in [0.25, 0.3) is 0 Å². The Kier molecular flexibility index (Phi) is 3.64. The van der Waals surface area contributed by atoms with Crippen LogP contribution >= 0.6 is 23.0 Å². The zero-order valence-electron chi connectivity index (χ0n) is 14.3. The number of piperidine rings is 1. The van der Waals surface area contributed by atoms with Gasteiger partial charge in [-0.2, -0.15) is 0 Å². The fourth-order valence-corrected chi connectivity index (χ4v) is 6.91. The summed E-state index contributed by atoms with van der Waals surface area (Å²) in [7, 11) is 1.97. The van der Waals surface area contributed by atoms with Crippen LogP contribution in [0.15, 0.2) is 23.6 Å². The van der Waals surface area contributed by atoms with E-state index in [-0.39, 0.29) is 16.7 Å². The Hall–Kier alpha value is -0.520. The summed E-state index contributed by atoms with van der Waals surface area (Å²) in [4.78, 5) is 14.1. The summed E-state index contributed by atoms with van der Waals surface area (Å²) in [6.45, 7) is 4.82. The molecule has 3 nitrogen and oxygen atoms in total. The lowest BCUT2D eigenvalue weighted by Gasteiger charge is -2.57. The molecule has 0 aromatic rings. The maximum absolute atomic E-state index is 12.1. The fourth-order valence-electron chi connectivity index (χ4n) is 6.23. The van der Waals surface area contributed by atoms with E-state index >= 15 is 0 Å². The van der Waals surface area contributed by atoms with Crippen LogP contribution in [0, 0.1) is 28.6 Å². The molecule has 1 aliphatic heterocycles. The molecule has 4 rings (SSSR count). The van der Waals surface area contributed by atoms with Crippen molar-refractivity contribution < 1.29 is 7.86 Å². The van der Waals surface area contributed by atoms with Crippen LogP contribution in [0.4, 0.5) is 0 Å². The zero-order valence-corrected chi connectivity index (χ0v) is 16.4. The Morgan fingerprint density at radius 1 is 1.17 bits per heavy atom. The standard InChI is InChI=1S/C19H26INO2/c1-18-11-9-17(22)21(3)15(18)6-4-12-13-5-7-16(23-20)19(13,2)10-8-14(12)18/h6-7,12-14H,4-5,8-11H2,1-3H3. The third kappa shape index (κ3) is 2.02. The summed E-state index contributed by atoms with van der Waals surface area (Å²) < 4.78 is 5.69. The van der Waals surface area contributed by atoms with Crippen LogP contribution in [-0.4, -0.2) is 17.9 Å². The minimum atomic E-state index is 0.181. The number of amides is 1. The van der Waals surface area contributed by atoms with Crippen molar-refractivity contribution in [2.75, 3.05) is 7.05 Å². The van der Waals surface area contributed by atoms with Crippen molar-refractivity contribution in [3.05, 3.63) is 23.6 Å². The van der Waals surface area contributed by atoms with Gasteiger partial charge < -0.3 is 7.97 Å². The molecule has 126 valence electrons. The van der Waals surface area contributed by atoms with E-state index in [0.29, 0.717) is 18.3 Å². The van der Waals surface area contributed by atoms with E-state index in [2.05, 4.69) is 26.0 Å². The lowest BCUT2D eigenvalue weighted by molar-refractivity contribution is -0.135. The van der Waals surface area contributed by atoms with E-state index in [1.165, 1.54) is 24.3 Å². The summed E-state index contributed by atoms with van der Waals surface area (Å²) >= 11 is 2.05. The van der Waals surface area contributed by atoms with Gasteiger partial charge in [0.1, 0.15) is 5.76 Å². The van der Waals surface area contributed by atoms with Crippen molar-refractivity contribution in [3.63, 3.8) is 0 Å². The predicted octanol–water partition coefficient (Wildman–Crippen LogP) is 4.84. The normalized spacial score (nSPS) is 45.7. The van der Waals surface area contributed by atoms with Gasteiger partial charge in [0.25, 0.3) is 0 Å². The van der Waals surface area contributed by atoms with Gasteiger partial charge in [-0.1, -0.05) is 19.9 Å². The summed E-state index contributed by atoms with van der Waals surface area (Å²) in [5, 5.41) is 0. The Labute approximate surface area is 153 Å². The molecule has 1 heterocycles. The molecule has 5 atom stereocenters. The molecule has 0 aromatic heterocycles. The van der Waals surface area contributed by atoms with Crippen LogP contribution in [0.2, 0.25) is 0 Å². The van der Waals surface area contributed by atoms with Crippen molar-refractivity contribution in [2.24, 2.45) is 28.6 Å². The molecule has 4 heteroatoms. The van der Waals surface area contributed by atoms with Crippen LogP contribution < -0.4 is 0 Å². The number of allylic oxidation sites excluding steroid dienone is 4. The number of carbonyl (C=O) groups excluding carboxylic acids is 1. The quantitative estimate of drug-likeness (QED) is 0.561. The SMILES string of the molecule is CN1C(=O)CCC2(C)C1=CCC1C3CC=C(OI)C3(C)CCC12. The average molecular weight is 427 g/mol. The average Bonchev–Trinajstić information content (AvgIpc) is 2.88. The molecular formula is C19H26INO2. The molecule has 0 aromatic carbocycles. The topological polar surface area (TPSA) is 29.5 Å². The molecule has 4 aliphatic rings. The molecule has 5 unspecified atom stereocenters. The van der Waals surface area contributed by atoms with Crippen LogP contribution in [-0.2, 0) is 7.86 Å². The van der Waals surface area contributed by atoms with Gasteiger partial charge in [0.15, 0.2) is 23.0 Å². The summed E-state index contributed by atoms with van der Waals surface area (Å²) in [6, 6.07) is 0. The number of halogens is 1. The second kappa shape index (κ2) is 5.24. The van der Waals surface area contributed by atoms with Crippen molar-refractivity contribution in [3.8, 4) is 0 Å². The second-order valence-electron chi connectivity index (χ2n) is 8.41. The summed E-state index contributed by atoms with van der Waals surface area (Å²) in [5.74, 6) is 3.62. The highest BCUT2D eigenvalue weighted by Crippen LogP contribution is 2.64. The fraction of sp³-hybridized carbons (Fsp3) is 0.737. The van der Waals surface area contributed by atoms with Crippen molar-refractivity contribution >= 4 is 28.9 Å².